The van der Waals surface area contributed by atoms with Crippen molar-refractivity contribution in [3.05, 3.63) is 113 Å². The molecule has 0 spiro atoms. The summed E-state index contributed by atoms with van der Waals surface area (Å²) in [7, 11) is 3.94. The van der Waals surface area contributed by atoms with E-state index in [9.17, 15) is 14.7 Å². The summed E-state index contributed by atoms with van der Waals surface area (Å²) in [4.78, 5) is 26.6. The number of anilines is 1. The second-order valence-corrected chi connectivity index (χ2v) is 10.3. The first-order valence-electron chi connectivity index (χ1n) is 14.2. The zero-order chi connectivity index (χ0) is 29.9. The van der Waals surface area contributed by atoms with Crippen LogP contribution in [0.4, 0.5) is 5.69 Å². The number of fused-ring (bicyclic) bond motifs is 1. The lowest BCUT2D eigenvalue weighted by molar-refractivity contribution is -0.146. The fourth-order valence-corrected chi connectivity index (χ4v) is 4.53. The lowest BCUT2D eigenvalue weighted by Crippen LogP contribution is -2.32. The molecule has 218 valence electrons. The SMILES string of the molecule is CCCCOC(=O)C(NCC(=Cc1ccc(C(=O)O)cc1)COc1cccc2ccccc12)c1ccc(N(C)C)cc1. The van der Waals surface area contributed by atoms with Gasteiger partial charge in [0.25, 0.3) is 0 Å². The van der Waals surface area contributed by atoms with Gasteiger partial charge in [-0.15, -0.1) is 0 Å². The van der Waals surface area contributed by atoms with Crippen LogP contribution in [0.2, 0.25) is 0 Å². The van der Waals surface area contributed by atoms with Crippen LogP contribution in [0.1, 0.15) is 47.3 Å². The van der Waals surface area contributed by atoms with Gasteiger partial charge in [-0.05, 0) is 58.8 Å². The highest BCUT2D eigenvalue weighted by Crippen LogP contribution is 2.26. The number of nitrogens with one attached hydrogen (secondary N) is 1. The smallest absolute Gasteiger partial charge is 0.335 e. The van der Waals surface area contributed by atoms with Gasteiger partial charge in [0.05, 0.1) is 12.2 Å². The van der Waals surface area contributed by atoms with Crippen molar-refractivity contribution in [3.8, 4) is 5.75 Å². The van der Waals surface area contributed by atoms with E-state index in [0.717, 1.165) is 51.8 Å². The molecule has 0 heterocycles. The molecule has 0 aliphatic rings. The number of hydrogen-bond acceptors (Lipinski definition) is 6. The van der Waals surface area contributed by atoms with E-state index in [2.05, 4.69) is 12.2 Å². The minimum atomic E-state index is -0.976. The van der Waals surface area contributed by atoms with Crippen molar-refractivity contribution in [2.24, 2.45) is 0 Å². The predicted molar refractivity (Wildman–Crippen MR) is 168 cm³/mol. The molecule has 0 saturated heterocycles. The monoisotopic (exact) mass is 566 g/mol. The topological polar surface area (TPSA) is 88.1 Å². The van der Waals surface area contributed by atoms with Crippen molar-refractivity contribution in [2.75, 3.05) is 38.8 Å². The number of esters is 1. The summed E-state index contributed by atoms with van der Waals surface area (Å²) < 4.78 is 11.9. The van der Waals surface area contributed by atoms with E-state index < -0.39 is 12.0 Å². The molecule has 0 radical (unpaired) electrons. The average Bonchev–Trinajstić information content (AvgIpc) is 3.00. The molecule has 4 rings (SSSR count). The number of carbonyl (C=O) groups is 2. The molecule has 2 N–H and O–H groups in total. The van der Waals surface area contributed by atoms with Crippen molar-refractivity contribution in [3.63, 3.8) is 0 Å². The maximum absolute atomic E-state index is 13.2. The maximum Gasteiger partial charge on any atom is 0.335 e. The Hall–Kier alpha value is -4.62. The second kappa shape index (κ2) is 14.8. The molecule has 1 unspecified atom stereocenters. The number of hydrogen-bond donors (Lipinski definition) is 2. The van der Waals surface area contributed by atoms with Gasteiger partial charge in [0, 0.05) is 31.7 Å². The van der Waals surface area contributed by atoms with Gasteiger partial charge in [0.1, 0.15) is 18.4 Å². The average molecular weight is 567 g/mol. The number of carboxylic acid groups (broad SMARTS) is 1. The summed E-state index contributed by atoms with van der Waals surface area (Å²) in [6, 6.07) is 27.8. The summed E-state index contributed by atoms with van der Waals surface area (Å²) in [5.74, 6) is -0.548. The molecule has 7 heteroatoms. The van der Waals surface area contributed by atoms with Crippen LogP contribution in [0.5, 0.6) is 5.75 Å². The van der Waals surface area contributed by atoms with Crippen LogP contribution in [0, 0.1) is 0 Å². The number of carbonyl (C=O) groups excluding carboxylic acids is 1. The van der Waals surface area contributed by atoms with E-state index in [1.807, 2.05) is 91.8 Å². The quantitative estimate of drug-likeness (QED) is 0.129. The van der Waals surface area contributed by atoms with Crippen molar-refractivity contribution < 1.29 is 24.2 Å². The highest BCUT2D eigenvalue weighted by atomic mass is 16.5. The highest BCUT2D eigenvalue weighted by Gasteiger charge is 2.22. The molecule has 0 amide bonds. The third-order valence-corrected chi connectivity index (χ3v) is 6.95. The van der Waals surface area contributed by atoms with E-state index in [1.165, 1.54) is 0 Å². The Morgan fingerprint density at radius 2 is 1.64 bits per heavy atom. The third-order valence-electron chi connectivity index (χ3n) is 6.95. The largest absolute Gasteiger partial charge is 0.489 e. The first-order valence-corrected chi connectivity index (χ1v) is 14.2. The fourth-order valence-electron chi connectivity index (χ4n) is 4.53. The van der Waals surface area contributed by atoms with Crippen LogP contribution in [0.25, 0.3) is 16.8 Å². The van der Waals surface area contributed by atoms with Crippen molar-refractivity contribution in [2.45, 2.75) is 25.8 Å². The number of rotatable bonds is 14. The molecule has 42 heavy (non-hydrogen) atoms. The zero-order valence-electron chi connectivity index (χ0n) is 24.4. The van der Waals surface area contributed by atoms with Crippen molar-refractivity contribution >= 4 is 34.5 Å². The first-order chi connectivity index (χ1) is 20.4. The minimum absolute atomic E-state index is 0.217. The maximum atomic E-state index is 13.2. The standard InChI is InChI=1S/C35H38N2O5/c1-4-5-21-41-35(40)33(28-17-19-30(20-18-28)37(2)3)36-23-26(22-25-13-15-29(16-14-25)34(38)39)24-42-32-12-8-10-27-9-6-7-11-31(27)32/h6-20,22,33,36H,4-5,21,23-24H2,1-3H3,(H,38,39). The van der Waals surface area contributed by atoms with Crippen molar-refractivity contribution in [1.29, 1.82) is 0 Å². The molecule has 0 aliphatic carbocycles. The lowest BCUT2D eigenvalue weighted by atomic mass is 10.0. The Balaban J connectivity index is 1.60. The molecule has 7 nitrogen and oxygen atoms in total. The highest BCUT2D eigenvalue weighted by molar-refractivity contribution is 5.88. The minimum Gasteiger partial charge on any atom is -0.489 e. The normalized spacial score (nSPS) is 12.1. The Kier molecular flexibility index (Phi) is 10.7. The first kappa shape index (κ1) is 30.3. The van der Waals surface area contributed by atoms with E-state index in [0.29, 0.717) is 13.2 Å². The van der Waals surface area contributed by atoms with E-state index >= 15 is 0 Å². The van der Waals surface area contributed by atoms with Crippen LogP contribution in [-0.2, 0) is 9.53 Å². The molecule has 1 atom stereocenters. The summed E-state index contributed by atoms with van der Waals surface area (Å²) in [6.07, 6.45) is 3.69. The van der Waals surface area contributed by atoms with Gasteiger partial charge in [-0.2, -0.15) is 0 Å². The van der Waals surface area contributed by atoms with Crippen LogP contribution in [-0.4, -0.2) is 50.9 Å². The Labute approximate surface area is 247 Å². The molecule has 0 aromatic heterocycles. The van der Waals surface area contributed by atoms with Crippen LogP contribution in [0.15, 0.2) is 96.6 Å². The van der Waals surface area contributed by atoms with E-state index in [1.54, 1.807) is 24.3 Å². The number of benzene rings is 4. The summed E-state index contributed by atoms with van der Waals surface area (Å²) in [6.45, 7) is 3.03. The third kappa shape index (κ3) is 8.21. The molecule has 4 aromatic rings. The number of ether oxygens (including phenoxy) is 2. The molecular formula is C35H38N2O5. The molecule has 0 saturated carbocycles. The van der Waals surface area contributed by atoms with Crippen LogP contribution in [0.3, 0.4) is 0 Å². The zero-order valence-corrected chi connectivity index (χ0v) is 24.4. The molecule has 0 aliphatic heterocycles. The van der Waals surface area contributed by atoms with Gasteiger partial charge in [0.15, 0.2) is 0 Å². The van der Waals surface area contributed by atoms with E-state index in [4.69, 9.17) is 9.47 Å². The molecule has 4 aromatic carbocycles. The number of aromatic carboxylic acids is 1. The summed E-state index contributed by atoms with van der Waals surface area (Å²) in [5, 5.41) is 14.8. The Bertz CT molecular complexity index is 1510. The van der Waals surface area contributed by atoms with E-state index in [-0.39, 0.29) is 18.1 Å². The number of carboxylic acids is 1. The number of unbranched alkanes of at least 4 members (excludes halogenated alkanes) is 1. The number of nitrogens with zero attached hydrogens (tertiary/aromatic N) is 1. The fraction of sp³-hybridized carbons (Fsp3) is 0.257. The molecule has 0 bridgehead atoms. The van der Waals surface area contributed by atoms with Gasteiger partial charge >= 0.3 is 11.9 Å². The van der Waals surface area contributed by atoms with Gasteiger partial charge in [-0.25, -0.2) is 9.59 Å². The Morgan fingerprint density at radius 3 is 2.33 bits per heavy atom. The van der Waals surface area contributed by atoms with Crippen molar-refractivity contribution in [1.82, 2.24) is 5.32 Å². The predicted octanol–water partition coefficient (Wildman–Crippen LogP) is 6.74. The Morgan fingerprint density at radius 1 is 0.929 bits per heavy atom. The lowest BCUT2D eigenvalue weighted by Gasteiger charge is -2.21. The van der Waals surface area contributed by atoms with Gasteiger partial charge in [-0.3, -0.25) is 5.32 Å². The summed E-state index contributed by atoms with van der Waals surface area (Å²) >= 11 is 0. The molecule has 0 fully saturated rings. The molecular weight excluding hydrogens is 528 g/mol. The van der Waals surface area contributed by atoms with Gasteiger partial charge in [-0.1, -0.05) is 80.1 Å². The summed E-state index contributed by atoms with van der Waals surface area (Å²) in [5.41, 5.74) is 3.76. The van der Waals surface area contributed by atoms with Crippen LogP contribution < -0.4 is 15.0 Å². The van der Waals surface area contributed by atoms with Gasteiger partial charge in [0.2, 0.25) is 0 Å². The second-order valence-electron chi connectivity index (χ2n) is 10.3. The van der Waals surface area contributed by atoms with Gasteiger partial charge < -0.3 is 19.5 Å². The van der Waals surface area contributed by atoms with Crippen LogP contribution >= 0.6 is 0 Å².